The maximum absolute atomic E-state index is 14.4. The van der Waals surface area contributed by atoms with E-state index in [0.717, 1.165) is 6.07 Å². The molecule has 1 atom stereocenters. The van der Waals surface area contributed by atoms with Crippen molar-refractivity contribution in [1.82, 2.24) is 9.62 Å². The Bertz CT molecular complexity index is 1070. The fourth-order valence-corrected chi connectivity index (χ4v) is 5.05. The van der Waals surface area contributed by atoms with Crippen LogP contribution in [0.15, 0.2) is 41.3 Å². The highest BCUT2D eigenvalue weighted by Crippen LogP contribution is 2.35. The van der Waals surface area contributed by atoms with Crippen molar-refractivity contribution >= 4 is 10.0 Å². The van der Waals surface area contributed by atoms with E-state index in [4.69, 9.17) is 19.9 Å². The fourth-order valence-electron chi connectivity index (χ4n) is 3.99. The van der Waals surface area contributed by atoms with Crippen LogP contribution in [0, 0.1) is 11.6 Å². The Morgan fingerprint density at radius 3 is 2.43 bits per heavy atom. The lowest BCUT2D eigenvalue weighted by molar-refractivity contribution is 0.0171. The first-order valence-electron chi connectivity index (χ1n) is 11.5. The van der Waals surface area contributed by atoms with Crippen LogP contribution >= 0.6 is 0 Å². The number of nitrogens with two attached hydrogens (primary N) is 1. The predicted molar refractivity (Wildman–Crippen MR) is 128 cm³/mol. The molecule has 1 heterocycles. The lowest BCUT2D eigenvalue weighted by atomic mass is 9.84. The van der Waals surface area contributed by atoms with Crippen molar-refractivity contribution in [2.24, 2.45) is 5.73 Å². The smallest absolute Gasteiger partial charge is 0.240 e. The molecule has 3 rings (SSSR count). The third-order valence-electron chi connectivity index (χ3n) is 5.61. The van der Waals surface area contributed by atoms with Crippen molar-refractivity contribution in [1.29, 1.82) is 0 Å². The molecule has 3 N–H and O–H groups in total. The Morgan fingerprint density at radius 2 is 1.71 bits per heavy atom. The van der Waals surface area contributed by atoms with Gasteiger partial charge in [-0.2, -0.15) is 0 Å². The molecule has 11 heteroatoms. The summed E-state index contributed by atoms with van der Waals surface area (Å²) in [6, 6.07) is 8.68. The standard InChI is InChI=1S/C24H33F2N3O5S/c1-29-16-22(21-14-19(25)15-24(26)23(21)17-29)18-3-2-4-20(13-18)35(30,31)28-6-8-33-10-12-34-11-9-32-7-5-27/h2-4,13-15,22,28H,5-12,16-17,27H2,1H3. The Labute approximate surface area is 205 Å². The second kappa shape index (κ2) is 13.4. The summed E-state index contributed by atoms with van der Waals surface area (Å²) in [6.07, 6.45) is 0. The Morgan fingerprint density at radius 1 is 1.03 bits per heavy atom. The molecule has 0 radical (unpaired) electrons. The molecule has 0 bridgehead atoms. The van der Waals surface area contributed by atoms with Gasteiger partial charge in [-0.3, -0.25) is 0 Å². The van der Waals surface area contributed by atoms with E-state index < -0.39 is 21.7 Å². The number of hydrogen-bond donors (Lipinski definition) is 2. The van der Waals surface area contributed by atoms with Crippen LogP contribution in [0.4, 0.5) is 8.78 Å². The number of sulfonamides is 1. The van der Waals surface area contributed by atoms with Gasteiger partial charge in [0.15, 0.2) is 0 Å². The first-order valence-corrected chi connectivity index (χ1v) is 13.0. The second-order valence-electron chi connectivity index (χ2n) is 8.30. The van der Waals surface area contributed by atoms with E-state index >= 15 is 0 Å². The van der Waals surface area contributed by atoms with Crippen LogP contribution in [0.3, 0.4) is 0 Å². The number of nitrogens with one attached hydrogen (secondary N) is 1. The molecule has 2 aromatic carbocycles. The third-order valence-corrected chi connectivity index (χ3v) is 7.07. The van der Waals surface area contributed by atoms with Crippen molar-refractivity contribution < 1.29 is 31.4 Å². The van der Waals surface area contributed by atoms with E-state index in [9.17, 15) is 17.2 Å². The highest BCUT2D eigenvalue weighted by Gasteiger charge is 2.28. The zero-order chi connectivity index (χ0) is 25.3. The van der Waals surface area contributed by atoms with Crippen LogP contribution in [0.5, 0.6) is 0 Å². The number of halogens is 2. The van der Waals surface area contributed by atoms with E-state index in [2.05, 4.69) is 4.72 Å². The van der Waals surface area contributed by atoms with E-state index in [-0.39, 0.29) is 24.0 Å². The number of ether oxygens (including phenoxy) is 3. The molecule has 194 valence electrons. The molecule has 2 aromatic rings. The number of nitrogens with zero attached hydrogens (tertiary/aromatic N) is 1. The van der Waals surface area contributed by atoms with Crippen molar-refractivity contribution in [2.45, 2.75) is 17.4 Å². The molecule has 0 aliphatic carbocycles. The summed E-state index contributed by atoms with van der Waals surface area (Å²) < 4.78 is 72.4. The molecule has 0 aromatic heterocycles. The minimum atomic E-state index is -3.79. The Balaban J connectivity index is 1.54. The average molecular weight is 514 g/mol. The van der Waals surface area contributed by atoms with Gasteiger partial charge in [0.1, 0.15) is 11.6 Å². The van der Waals surface area contributed by atoms with Crippen molar-refractivity contribution in [2.75, 3.05) is 66.3 Å². The summed E-state index contributed by atoms with van der Waals surface area (Å²) >= 11 is 0. The lowest BCUT2D eigenvalue weighted by Gasteiger charge is -2.33. The second-order valence-corrected chi connectivity index (χ2v) is 10.1. The van der Waals surface area contributed by atoms with Crippen molar-refractivity contribution in [3.8, 4) is 0 Å². The Kier molecular flexibility index (Phi) is 10.5. The minimum absolute atomic E-state index is 0.0856. The van der Waals surface area contributed by atoms with Gasteiger partial charge in [-0.15, -0.1) is 0 Å². The fraction of sp³-hybridized carbons (Fsp3) is 0.500. The van der Waals surface area contributed by atoms with Crippen molar-refractivity contribution in [3.05, 3.63) is 64.7 Å². The van der Waals surface area contributed by atoms with Gasteiger partial charge in [0.05, 0.1) is 44.5 Å². The maximum atomic E-state index is 14.4. The van der Waals surface area contributed by atoms with Gasteiger partial charge in [0, 0.05) is 43.7 Å². The summed E-state index contributed by atoms with van der Waals surface area (Å²) in [5.74, 6) is -1.59. The number of hydrogen-bond acceptors (Lipinski definition) is 7. The van der Waals surface area contributed by atoms with Gasteiger partial charge in [0.2, 0.25) is 10.0 Å². The lowest BCUT2D eigenvalue weighted by Crippen LogP contribution is -2.32. The highest BCUT2D eigenvalue weighted by atomic mass is 32.2. The summed E-state index contributed by atoms with van der Waals surface area (Å²) in [7, 11) is -1.94. The van der Waals surface area contributed by atoms with Crippen LogP contribution in [0.1, 0.15) is 22.6 Å². The molecule has 1 aliphatic heterocycles. The van der Waals surface area contributed by atoms with E-state index in [0.29, 0.717) is 69.4 Å². The quantitative estimate of drug-likeness (QED) is 0.372. The highest BCUT2D eigenvalue weighted by molar-refractivity contribution is 7.89. The molecule has 1 aliphatic rings. The van der Waals surface area contributed by atoms with Gasteiger partial charge in [0.25, 0.3) is 0 Å². The molecule has 35 heavy (non-hydrogen) atoms. The predicted octanol–water partition coefficient (Wildman–Crippen LogP) is 1.83. The maximum Gasteiger partial charge on any atom is 0.240 e. The molecule has 0 fully saturated rings. The van der Waals surface area contributed by atoms with Gasteiger partial charge in [-0.1, -0.05) is 12.1 Å². The van der Waals surface area contributed by atoms with Gasteiger partial charge < -0.3 is 24.8 Å². The van der Waals surface area contributed by atoms with Gasteiger partial charge in [-0.05, 0) is 36.4 Å². The third kappa shape index (κ3) is 8.01. The van der Waals surface area contributed by atoms with Crippen LogP contribution in [-0.2, 0) is 30.8 Å². The van der Waals surface area contributed by atoms with Gasteiger partial charge >= 0.3 is 0 Å². The van der Waals surface area contributed by atoms with E-state index in [1.807, 2.05) is 11.9 Å². The topological polar surface area (TPSA) is 103 Å². The Hall–Kier alpha value is -1.99. The number of fused-ring (bicyclic) bond motifs is 1. The van der Waals surface area contributed by atoms with Crippen LogP contribution < -0.4 is 10.5 Å². The monoisotopic (exact) mass is 513 g/mol. The molecule has 1 unspecified atom stereocenters. The first kappa shape index (κ1) is 27.6. The molecular formula is C24H33F2N3O5S. The number of benzene rings is 2. The van der Waals surface area contributed by atoms with Crippen molar-refractivity contribution in [3.63, 3.8) is 0 Å². The summed E-state index contributed by atoms with van der Waals surface area (Å²) in [6.45, 7) is 3.72. The normalized spacial score (nSPS) is 16.4. The average Bonchev–Trinajstić information content (AvgIpc) is 2.82. The van der Waals surface area contributed by atoms with Crippen LogP contribution in [0.25, 0.3) is 0 Å². The van der Waals surface area contributed by atoms with Crippen LogP contribution in [0.2, 0.25) is 0 Å². The zero-order valence-corrected chi connectivity index (χ0v) is 20.7. The van der Waals surface area contributed by atoms with E-state index in [1.54, 1.807) is 18.2 Å². The summed E-state index contributed by atoms with van der Waals surface area (Å²) in [5.41, 5.74) is 6.97. The largest absolute Gasteiger partial charge is 0.378 e. The molecule has 0 spiro atoms. The molecule has 8 nitrogen and oxygen atoms in total. The number of likely N-dealkylation sites (N-methyl/N-ethyl adjacent to an activating group) is 1. The van der Waals surface area contributed by atoms with Gasteiger partial charge in [-0.25, -0.2) is 21.9 Å². The molecule has 0 amide bonds. The summed E-state index contributed by atoms with van der Waals surface area (Å²) in [4.78, 5) is 2.02. The zero-order valence-electron chi connectivity index (χ0n) is 19.8. The van der Waals surface area contributed by atoms with E-state index in [1.165, 1.54) is 12.1 Å². The molecule has 0 saturated carbocycles. The SMILES string of the molecule is CN1Cc2c(F)cc(F)cc2C(c2cccc(S(=O)(=O)NCCOCCOCCOCCN)c2)C1. The first-order chi connectivity index (χ1) is 16.8. The minimum Gasteiger partial charge on any atom is -0.378 e. The van der Waals surface area contributed by atoms with Crippen LogP contribution in [-0.4, -0.2) is 79.6 Å². The molecular weight excluding hydrogens is 480 g/mol. The summed E-state index contributed by atoms with van der Waals surface area (Å²) in [5, 5.41) is 0. The number of rotatable bonds is 14. The molecule has 0 saturated heterocycles.